The fraction of sp³-hybridized carbons (Fsp3) is 0.368. The van der Waals surface area contributed by atoms with Gasteiger partial charge >= 0.3 is 5.97 Å². The van der Waals surface area contributed by atoms with Gasteiger partial charge in [0.05, 0.1) is 29.8 Å². The van der Waals surface area contributed by atoms with E-state index in [0.29, 0.717) is 17.1 Å². The number of rotatable bonds is 4. The molecule has 0 radical (unpaired) electrons. The molecule has 9 heteroatoms. The molecule has 4 heterocycles. The number of pyridine rings is 1. The molecule has 28 heavy (non-hydrogen) atoms. The van der Waals surface area contributed by atoms with Gasteiger partial charge in [-0.3, -0.25) is 14.9 Å². The number of nitrogens with one attached hydrogen (secondary N) is 1. The Kier molecular flexibility index (Phi) is 4.99. The molecular weight excluding hydrogens is 378 g/mol. The number of nitrogens with zero attached hydrogens (tertiary/aromatic N) is 4. The number of esters is 1. The summed E-state index contributed by atoms with van der Waals surface area (Å²) < 4.78 is 6.58. The lowest BCUT2D eigenvalue weighted by molar-refractivity contribution is -0.145. The zero-order valence-corrected chi connectivity index (χ0v) is 16.5. The van der Waals surface area contributed by atoms with Crippen molar-refractivity contribution in [2.45, 2.75) is 19.8 Å². The third-order valence-corrected chi connectivity index (χ3v) is 5.76. The second kappa shape index (κ2) is 7.59. The van der Waals surface area contributed by atoms with Gasteiger partial charge in [0, 0.05) is 13.1 Å². The van der Waals surface area contributed by atoms with E-state index in [-0.39, 0.29) is 23.7 Å². The quantitative estimate of drug-likeness (QED) is 0.679. The van der Waals surface area contributed by atoms with Crippen LogP contribution in [0.15, 0.2) is 29.8 Å². The Morgan fingerprint density at radius 1 is 1.39 bits per heavy atom. The number of piperidine rings is 1. The molecule has 0 aliphatic carbocycles. The van der Waals surface area contributed by atoms with Gasteiger partial charge in [-0.25, -0.2) is 4.52 Å². The lowest BCUT2D eigenvalue weighted by atomic mass is 9.98. The van der Waals surface area contributed by atoms with Gasteiger partial charge in [-0.15, -0.1) is 16.4 Å². The molecule has 3 aromatic rings. The maximum atomic E-state index is 12.2. The van der Waals surface area contributed by atoms with E-state index >= 15 is 0 Å². The van der Waals surface area contributed by atoms with E-state index in [1.165, 1.54) is 18.4 Å². The molecule has 1 unspecified atom stereocenters. The van der Waals surface area contributed by atoms with Crippen LogP contribution in [-0.4, -0.2) is 46.7 Å². The van der Waals surface area contributed by atoms with E-state index in [1.54, 1.807) is 10.6 Å². The number of aromatic nitrogens is 3. The van der Waals surface area contributed by atoms with E-state index in [1.807, 2.05) is 30.6 Å². The molecule has 4 rings (SSSR count). The topological polar surface area (TPSA) is 88.8 Å². The highest BCUT2D eigenvalue weighted by molar-refractivity contribution is 7.12. The SMILES string of the molecule is COC(=O)C1CCCN(c2cc(C)c3nc(NC(=O)c4cccs4)nn3c2)C1. The summed E-state index contributed by atoms with van der Waals surface area (Å²) in [5, 5.41) is 9.00. The van der Waals surface area contributed by atoms with Crippen molar-refractivity contribution < 1.29 is 14.3 Å². The van der Waals surface area contributed by atoms with Crippen LogP contribution in [0.4, 0.5) is 11.6 Å². The summed E-state index contributed by atoms with van der Waals surface area (Å²) in [4.78, 5) is 31.4. The molecule has 146 valence electrons. The van der Waals surface area contributed by atoms with Crippen molar-refractivity contribution in [3.05, 3.63) is 40.2 Å². The molecular formula is C19H21N5O3S. The summed E-state index contributed by atoms with van der Waals surface area (Å²) in [7, 11) is 1.43. The van der Waals surface area contributed by atoms with Crippen LogP contribution in [0, 0.1) is 12.8 Å². The Hall–Kier alpha value is -2.94. The molecule has 0 spiro atoms. The summed E-state index contributed by atoms with van der Waals surface area (Å²) in [5.41, 5.74) is 2.60. The number of anilines is 2. The second-order valence-corrected chi connectivity index (χ2v) is 7.77. The summed E-state index contributed by atoms with van der Waals surface area (Å²) in [5.74, 6) is -0.238. The molecule has 1 atom stereocenters. The summed E-state index contributed by atoms with van der Waals surface area (Å²) in [6.45, 7) is 3.45. The number of fused-ring (bicyclic) bond motifs is 1. The van der Waals surface area contributed by atoms with Crippen LogP contribution in [0.1, 0.15) is 28.1 Å². The van der Waals surface area contributed by atoms with Gasteiger partial charge in [-0.2, -0.15) is 4.98 Å². The average Bonchev–Trinajstić information content (AvgIpc) is 3.37. The van der Waals surface area contributed by atoms with Crippen molar-refractivity contribution in [1.29, 1.82) is 0 Å². The van der Waals surface area contributed by atoms with Crippen LogP contribution in [0.3, 0.4) is 0 Å². The van der Waals surface area contributed by atoms with Crippen molar-refractivity contribution in [3.8, 4) is 0 Å². The van der Waals surface area contributed by atoms with Gasteiger partial charge in [0.1, 0.15) is 0 Å². The molecule has 1 fully saturated rings. The highest BCUT2D eigenvalue weighted by atomic mass is 32.1. The predicted molar refractivity (Wildman–Crippen MR) is 107 cm³/mol. The minimum atomic E-state index is -0.222. The van der Waals surface area contributed by atoms with Gasteiger partial charge in [0.2, 0.25) is 5.95 Å². The van der Waals surface area contributed by atoms with Crippen molar-refractivity contribution in [1.82, 2.24) is 14.6 Å². The third-order valence-electron chi connectivity index (χ3n) is 4.89. The van der Waals surface area contributed by atoms with E-state index in [4.69, 9.17) is 4.74 Å². The Morgan fingerprint density at radius 3 is 3.00 bits per heavy atom. The zero-order chi connectivity index (χ0) is 19.7. The molecule has 1 N–H and O–H groups in total. The van der Waals surface area contributed by atoms with Gasteiger partial charge in [0.15, 0.2) is 5.65 Å². The number of aryl methyl sites for hydroxylation is 1. The predicted octanol–water partition coefficient (Wildman–Crippen LogP) is 2.74. The molecule has 1 aliphatic heterocycles. The van der Waals surface area contributed by atoms with Gasteiger partial charge in [-0.1, -0.05) is 6.07 Å². The summed E-state index contributed by atoms with van der Waals surface area (Å²) in [6.07, 6.45) is 3.65. The number of amides is 1. The Labute approximate surface area is 166 Å². The minimum absolute atomic E-state index is 0.119. The van der Waals surface area contributed by atoms with Gasteiger partial charge < -0.3 is 9.64 Å². The fourth-order valence-corrected chi connectivity index (χ4v) is 4.12. The molecule has 1 amide bonds. The molecule has 1 aliphatic rings. The number of thiophene rings is 1. The first kappa shape index (κ1) is 18.4. The van der Waals surface area contributed by atoms with E-state index in [0.717, 1.165) is 30.6 Å². The van der Waals surface area contributed by atoms with E-state index in [2.05, 4.69) is 20.3 Å². The van der Waals surface area contributed by atoms with Crippen molar-refractivity contribution in [2.24, 2.45) is 5.92 Å². The zero-order valence-electron chi connectivity index (χ0n) is 15.7. The Morgan fingerprint density at radius 2 is 2.25 bits per heavy atom. The van der Waals surface area contributed by atoms with Crippen LogP contribution in [0.5, 0.6) is 0 Å². The van der Waals surface area contributed by atoms with E-state index < -0.39 is 0 Å². The Balaban J connectivity index is 1.58. The number of methoxy groups -OCH3 is 1. The first-order valence-electron chi connectivity index (χ1n) is 9.10. The van der Waals surface area contributed by atoms with Gasteiger partial charge in [0.25, 0.3) is 5.91 Å². The molecule has 0 bridgehead atoms. The Bertz CT molecular complexity index is 1010. The molecule has 1 saturated heterocycles. The summed E-state index contributed by atoms with van der Waals surface area (Å²) >= 11 is 1.37. The minimum Gasteiger partial charge on any atom is -0.469 e. The standard InChI is InChI=1S/C19H21N5O3S/c1-12-9-14(23-7-3-5-13(10-23)18(26)27-2)11-24-16(12)20-19(22-24)21-17(25)15-6-4-8-28-15/h4,6,8-9,11,13H,3,5,7,10H2,1-2H3,(H,21,22,25). The highest BCUT2D eigenvalue weighted by Gasteiger charge is 2.27. The lowest BCUT2D eigenvalue weighted by Gasteiger charge is -2.33. The molecule has 0 saturated carbocycles. The highest BCUT2D eigenvalue weighted by Crippen LogP contribution is 2.26. The number of ether oxygens (including phenoxy) is 1. The summed E-state index contributed by atoms with van der Waals surface area (Å²) in [6, 6.07) is 5.62. The first-order valence-corrected chi connectivity index (χ1v) is 9.98. The monoisotopic (exact) mass is 399 g/mol. The van der Waals surface area contributed by atoms with Crippen molar-refractivity contribution >= 4 is 40.5 Å². The molecule has 3 aromatic heterocycles. The maximum absolute atomic E-state index is 12.2. The van der Waals surface area contributed by atoms with Gasteiger partial charge in [-0.05, 0) is 42.8 Å². The first-order chi connectivity index (χ1) is 13.5. The largest absolute Gasteiger partial charge is 0.469 e. The number of hydrogen-bond donors (Lipinski definition) is 1. The van der Waals surface area contributed by atoms with Crippen LogP contribution in [0.2, 0.25) is 0 Å². The number of carbonyl (C=O) groups is 2. The van der Waals surface area contributed by atoms with Crippen molar-refractivity contribution in [2.75, 3.05) is 30.4 Å². The fourth-order valence-electron chi connectivity index (χ4n) is 3.50. The lowest BCUT2D eigenvalue weighted by Crippen LogP contribution is -2.39. The average molecular weight is 399 g/mol. The normalized spacial score (nSPS) is 16.9. The van der Waals surface area contributed by atoms with Crippen LogP contribution < -0.4 is 10.2 Å². The maximum Gasteiger partial charge on any atom is 0.310 e. The smallest absolute Gasteiger partial charge is 0.310 e. The van der Waals surface area contributed by atoms with Crippen LogP contribution in [-0.2, 0) is 9.53 Å². The number of carbonyl (C=O) groups excluding carboxylic acids is 2. The van der Waals surface area contributed by atoms with Crippen LogP contribution in [0.25, 0.3) is 5.65 Å². The van der Waals surface area contributed by atoms with Crippen LogP contribution >= 0.6 is 11.3 Å². The van der Waals surface area contributed by atoms with Crippen molar-refractivity contribution in [3.63, 3.8) is 0 Å². The second-order valence-electron chi connectivity index (χ2n) is 6.82. The molecule has 0 aromatic carbocycles. The van der Waals surface area contributed by atoms with E-state index in [9.17, 15) is 9.59 Å². The number of hydrogen-bond acceptors (Lipinski definition) is 7. The molecule has 8 nitrogen and oxygen atoms in total. The third kappa shape index (κ3) is 3.57.